The quantitative estimate of drug-likeness (QED) is 0.752. The molecule has 0 aliphatic heterocycles. The highest BCUT2D eigenvalue weighted by molar-refractivity contribution is 7.90. The van der Waals surface area contributed by atoms with E-state index >= 15 is 0 Å². The van der Waals surface area contributed by atoms with Gasteiger partial charge in [-0.3, -0.25) is 4.79 Å². The Bertz CT molecular complexity index is 919. The molecule has 0 saturated carbocycles. The zero-order chi connectivity index (χ0) is 19.2. The average Bonchev–Trinajstić information content (AvgIpc) is 2.60. The fourth-order valence-electron chi connectivity index (χ4n) is 2.30. The summed E-state index contributed by atoms with van der Waals surface area (Å²) >= 11 is 0. The lowest BCUT2D eigenvalue weighted by molar-refractivity contribution is -0.111. The lowest BCUT2D eigenvalue weighted by Gasteiger charge is -2.09. The van der Waals surface area contributed by atoms with Crippen LogP contribution in [0, 0.1) is 0 Å². The number of amides is 1. The number of ether oxygens (including phenoxy) is 2. The summed E-state index contributed by atoms with van der Waals surface area (Å²) in [6.45, 7) is 2.40. The number of hydrogen-bond acceptors (Lipinski definition) is 5. The van der Waals surface area contributed by atoms with Gasteiger partial charge in [-0.2, -0.15) is 0 Å². The van der Waals surface area contributed by atoms with Gasteiger partial charge in [-0.15, -0.1) is 0 Å². The minimum Gasteiger partial charge on any atom is -0.493 e. The van der Waals surface area contributed by atoms with E-state index in [0.717, 1.165) is 11.8 Å². The molecule has 2 rings (SSSR count). The standard InChI is InChI=1S/C19H21NO5S/c1-4-25-16-11-9-14(13-17(16)24-2)10-12-19(21)20-15-7-5-6-8-18(15)26(3,22)23/h5-13H,4H2,1-3H3,(H,20,21)/b12-10+. The van der Waals surface area contributed by atoms with Crippen molar-refractivity contribution >= 4 is 27.5 Å². The molecule has 0 unspecified atom stereocenters. The molecule has 2 aromatic carbocycles. The summed E-state index contributed by atoms with van der Waals surface area (Å²) in [6.07, 6.45) is 4.03. The Labute approximate surface area is 153 Å². The smallest absolute Gasteiger partial charge is 0.248 e. The third kappa shape index (κ3) is 5.10. The molecule has 0 heterocycles. The normalized spacial score (nSPS) is 11.3. The summed E-state index contributed by atoms with van der Waals surface area (Å²) in [5.41, 5.74) is 0.991. The predicted molar refractivity (Wildman–Crippen MR) is 101 cm³/mol. The van der Waals surface area contributed by atoms with Gasteiger partial charge in [-0.05, 0) is 42.8 Å². The van der Waals surface area contributed by atoms with E-state index in [4.69, 9.17) is 9.47 Å². The third-order valence-electron chi connectivity index (χ3n) is 3.46. The van der Waals surface area contributed by atoms with E-state index in [0.29, 0.717) is 18.1 Å². The summed E-state index contributed by atoms with van der Waals surface area (Å²) in [7, 11) is -1.89. The van der Waals surface area contributed by atoms with Crippen LogP contribution in [0.5, 0.6) is 11.5 Å². The Kier molecular flexibility index (Phi) is 6.41. The maximum absolute atomic E-state index is 12.1. The fraction of sp³-hybridized carbons (Fsp3) is 0.211. The predicted octanol–water partition coefficient (Wildman–Crippen LogP) is 3.15. The first kappa shape index (κ1) is 19.5. The van der Waals surface area contributed by atoms with Crippen molar-refractivity contribution in [2.45, 2.75) is 11.8 Å². The molecule has 0 saturated heterocycles. The van der Waals surface area contributed by atoms with Crippen LogP contribution in [-0.2, 0) is 14.6 Å². The van der Waals surface area contributed by atoms with Crippen LogP contribution in [0.4, 0.5) is 5.69 Å². The number of anilines is 1. The van der Waals surface area contributed by atoms with Crippen LogP contribution in [0.2, 0.25) is 0 Å². The number of para-hydroxylation sites is 1. The number of carbonyl (C=O) groups excluding carboxylic acids is 1. The molecule has 26 heavy (non-hydrogen) atoms. The highest BCUT2D eigenvalue weighted by Crippen LogP contribution is 2.28. The molecule has 0 aromatic heterocycles. The van der Waals surface area contributed by atoms with Crippen molar-refractivity contribution in [2.24, 2.45) is 0 Å². The van der Waals surface area contributed by atoms with E-state index in [-0.39, 0.29) is 10.6 Å². The van der Waals surface area contributed by atoms with Crippen LogP contribution in [0.15, 0.2) is 53.4 Å². The largest absolute Gasteiger partial charge is 0.493 e. The van der Waals surface area contributed by atoms with Gasteiger partial charge in [0.05, 0.1) is 24.3 Å². The molecule has 0 aliphatic rings. The maximum atomic E-state index is 12.1. The topological polar surface area (TPSA) is 81.7 Å². The van der Waals surface area contributed by atoms with Crippen molar-refractivity contribution in [2.75, 3.05) is 25.3 Å². The SMILES string of the molecule is CCOc1ccc(/C=C/C(=O)Nc2ccccc2S(C)(=O)=O)cc1OC. The van der Waals surface area contributed by atoms with Crippen molar-refractivity contribution in [3.63, 3.8) is 0 Å². The van der Waals surface area contributed by atoms with Crippen molar-refractivity contribution in [1.82, 2.24) is 0 Å². The molecule has 7 heteroatoms. The van der Waals surface area contributed by atoms with Gasteiger partial charge in [0.1, 0.15) is 0 Å². The highest BCUT2D eigenvalue weighted by atomic mass is 32.2. The summed E-state index contributed by atoms with van der Waals surface area (Å²) in [4.78, 5) is 12.2. The minimum atomic E-state index is -3.43. The van der Waals surface area contributed by atoms with Crippen molar-refractivity contribution < 1.29 is 22.7 Å². The van der Waals surface area contributed by atoms with Gasteiger partial charge in [-0.1, -0.05) is 18.2 Å². The van der Waals surface area contributed by atoms with E-state index in [1.807, 2.05) is 6.92 Å². The molecule has 6 nitrogen and oxygen atoms in total. The lowest BCUT2D eigenvalue weighted by atomic mass is 10.2. The van der Waals surface area contributed by atoms with Crippen LogP contribution < -0.4 is 14.8 Å². The number of rotatable bonds is 7. The van der Waals surface area contributed by atoms with Crippen molar-refractivity contribution in [3.8, 4) is 11.5 Å². The number of carbonyl (C=O) groups is 1. The van der Waals surface area contributed by atoms with E-state index in [2.05, 4.69) is 5.32 Å². The van der Waals surface area contributed by atoms with Crippen molar-refractivity contribution in [1.29, 1.82) is 0 Å². The van der Waals surface area contributed by atoms with Crippen LogP contribution in [0.3, 0.4) is 0 Å². The number of methoxy groups -OCH3 is 1. The first-order valence-corrected chi connectivity index (χ1v) is 9.83. The molecule has 0 fully saturated rings. The second-order valence-corrected chi connectivity index (χ2v) is 7.42. The van der Waals surface area contributed by atoms with E-state index in [9.17, 15) is 13.2 Å². The molecule has 0 radical (unpaired) electrons. The van der Waals surface area contributed by atoms with Gasteiger partial charge in [0.2, 0.25) is 5.91 Å². The Morgan fingerprint density at radius 2 is 1.88 bits per heavy atom. The highest BCUT2D eigenvalue weighted by Gasteiger charge is 2.13. The van der Waals surface area contributed by atoms with Crippen molar-refractivity contribution in [3.05, 3.63) is 54.1 Å². The second-order valence-electron chi connectivity index (χ2n) is 5.43. The van der Waals surface area contributed by atoms with E-state index in [1.54, 1.807) is 49.6 Å². The molecular weight excluding hydrogens is 354 g/mol. The van der Waals surface area contributed by atoms with Crippen LogP contribution in [-0.4, -0.2) is 34.3 Å². The first-order chi connectivity index (χ1) is 12.3. The molecule has 0 spiro atoms. The summed E-state index contributed by atoms with van der Waals surface area (Å²) in [5, 5.41) is 2.59. The third-order valence-corrected chi connectivity index (χ3v) is 4.61. The molecule has 138 valence electrons. The number of benzene rings is 2. The fourth-order valence-corrected chi connectivity index (χ4v) is 3.15. The Hall–Kier alpha value is -2.80. The summed E-state index contributed by atoms with van der Waals surface area (Å²) in [5.74, 6) is 0.754. The zero-order valence-corrected chi connectivity index (χ0v) is 15.7. The van der Waals surface area contributed by atoms with Gasteiger partial charge in [-0.25, -0.2) is 8.42 Å². The lowest BCUT2D eigenvalue weighted by Crippen LogP contribution is -2.11. The van der Waals surface area contributed by atoms with E-state index in [1.165, 1.54) is 12.1 Å². The van der Waals surface area contributed by atoms with E-state index < -0.39 is 15.7 Å². The number of hydrogen-bond donors (Lipinski definition) is 1. The zero-order valence-electron chi connectivity index (χ0n) is 14.9. The van der Waals surface area contributed by atoms with Gasteiger partial charge in [0, 0.05) is 12.3 Å². The summed E-state index contributed by atoms with van der Waals surface area (Å²) < 4.78 is 34.3. The molecule has 0 atom stereocenters. The van der Waals surface area contributed by atoms with Gasteiger partial charge in [0.25, 0.3) is 0 Å². The average molecular weight is 375 g/mol. The molecular formula is C19H21NO5S. The van der Waals surface area contributed by atoms with Crippen LogP contribution >= 0.6 is 0 Å². The van der Waals surface area contributed by atoms with Crippen LogP contribution in [0.25, 0.3) is 6.08 Å². The first-order valence-electron chi connectivity index (χ1n) is 7.94. The molecule has 0 aliphatic carbocycles. The molecule has 1 amide bonds. The Morgan fingerprint density at radius 1 is 1.15 bits per heavy atom. The number of sulfone groups is 1. The maximum Gasteiger partial charge on any atom is 0.248 e. The monoisotopic (exact) mass is 375 g/mol. The number of nitrogens with one attached hydrogen (secondary N) is 1. The van der Waals surface area contributed by atoms with Gasteiger partial charge >= 0.3 is 0 Å². The second kappa shape index (κ2) is 8.53. The molecule has 0 bridgehead atoms. The molecule has 2 aromatic rings. The van der Waals surface area contributed by atoms with Gasteiger partial charge < -0.3 is 14.8 Å². The Balaban J connectivity index is 2.16. The minimum absolute atomic E-state index is 0.0736. The van der Waals surface area contributed by atoms with Crippen LogP contribution in [0.1, 0.15) is 12.5 Å². The summed E-state index contributed by atoms with van der Waals surface area (Å²) in [6, 6.07) is 11.6. The van der Waals surface area contributed by atoms with Gasteiger partial charge in [0.15, 0.2) is 21.3 Å². The Morgan fingerprint density at radius 3 is 2.54 bits per heavy atom. The molecule has 1 N–H and O–H groups in total.